The molecule has 1 aliphatic rings. The van der Waals surface area contributed by atoms with Gasteiger partial charge in [-0.1, -0.05) is 22.0 Å². The molecule has 1 heterocycles. The van der Waals surface area contributed by atoms with Gasteiger partial charge in [-0.25, -0.2) is 8.42 Å². The average Bonchev–Trinajstić information content (AvgIpc) is 2.53. The molecule has 0 fully saturated rings. The van der Waals surface area contributed by atoms with Crippen LogP contribution in [-0.4, -0.2) is 28.7 Å². The summed E-state index contributed by atoms with van der Waals surface area (Å²) in [5.74, 6) is 1.02. The molecule has 0 spiro atoms. The van der Waals surface area contributed by atoms with Crippen molar-refractivity contribution in [3.8, 4) is 11.5 Å². The van der Waals surface area contributed by atoms with Crippen molar-refractivity contribution in [1.29, 1.82) is 0 Å². The summed E-state index contributed by atoms with van der Waals surface area (Å²) in [4.78, 5) is 0.166. The van der Waals surface area contributed by atoms with E-state index in [4.69, 9.17) is 9.47 Å². The normalized spacial score (nSPS) is 13.7. The van der Waals surface area contributed by atoms with Gasteiger partial charge in [0, 0.05) is 17.6 Å². The molecule has 0 atom stereocenters. The lowest BCUT2D eigenvalue weighted by Gasteiger charge is -2.22. The summed E-state index contributed by atoms with van der Waals surface area (Å²) < 4.78 is 38.4. The highest BCUT2D eigenvalue weighted by molar-refractivity contribution is 9.10. The maximum atomic E-state index is 12.7. The molecule has 116 valence electrons. The minimum Gasteiger partial charge on any atom is -0.486 e. The molecule has 0 unspecified atom stereocenters. The molecule has 0 bridgehead atoms. The standard InChI is InChI=1S/C15H14BrNO4S/c1-17(12-4-2-3-11(16)9-12)22(18,19)13-5-6-14-15(10-13)21-8-7-20-14/h2-6,9-10H,7-8H2,1H3. The summed E-state index contributed by atoms with van der Waals surface area (Å²) >= 11 is 3.34. The lowest BCUT2D eigenvalue weighted by molar-refractivity contribution is 0.171. The fourth-order valence-corrected chi connectivity index (χ4v) is 3.74. The van der Waals surface area contributed by atoms with Gasteiger partial charge in [-0.2, -0.15) is 0 Å². The minimum atomic E-state index is -3.67. The van der Waals surface area contributed by atoms with Gasteiger partial charge in [-0.3, -0.25) is 4.31 Å². The topological polar surface area (TPSA) is 55.8 Å². The Balaban J connectivity index is 1.99. The van der Waals surface area contributed by atoms with Crippen LogP contribution in [0.15, 0.2) is 51.8 Å². The third kappa shape index (κ3) is 2.78. The zero-order chi connectivity index (χ0) is 15.7. The van der Waals surface area contributed by atoms with Crippen LogP contribution < -0.4 is 13.8 Å². The van der Waals surface area contributed by atoms with Gasteiger partial charge in [0.05, 0.1) is 10.6 Å². The first-order valence-corrected chi connectivity index (χ1v) is 8.86. The van der Waals surface area contributed by atoms with Gasteiger partial charge in [0.2, 0.25) is 0 Å². The van der Waals surface area contributed by atoms with Gasteiger partial charge in [0.1, 0.15) is 13.2 Å². The number of benzene rings is 2. The van der Waals surface area contributed by atoms with Crippen LogP contribution in [0.1, 0.15) is 0 Å². The van der Waals surface area contributed by atoms with E-state index in [1.54, 1.807) is 24.3 Å². The van der Waals surface area contributed by atoms with E-state index in [1.165, 1.54) is 23.5 Å². The molecule has 3 rings (SSSR count). The molecular weight excluding hydrogens is 370 g/mol. The number of hydrogen-bond acceptors (Lipinski definition) is 4. The zero-order valence-corrected chi connectivity index (χ0v) is 14.2. The van der Waals surface area contributed by atoms with Gasteiger partial charge < -0.3 is 9.47 Å². The van der Waals surface area contributed by atoms with Gasteiger partial charge >= 0.3 is 0 Å². The van der Waals surface area contributed by atoms with Gasteiger partial charge in [-0.15, -0.1) is 0 Å². The molecule has 0 aliphatic carbocycles. The van der Waals surface area contributed by atoms with E-state index in [0.717, 1.165) is 4.47 Å². The van der Waals surface area contributed by atoms with Gasteiger partial charge in [0.15, 0.2) is 11.5 Å². The SMILES string of the molecule is CN(c1cccc(Br)c1)S(=O)(=O)c1ccc2c(c1)OCCO2. The second kappa shape index (κ2) is 5.81. The highest BCUT2D eigenvalue weighted by atomic mass is 79.9. The van der Waals surface area contributed by atoms with E-state index in [9.17, 15) is 8.42 Å². The predicted octanol–water partition coefficient (Wildman–Crippen LogP) is 3.05. The maximum Gasteiger partial charge on any atom is 0.264 e. The van der Waals surface area contributed by atoms with Crippen molar-refractivity contribution in [2.24, 2.45) is 0 Å². The Bertz CT molecular complexity index is 807. The second-order valence-electron chi connectivity index (χ2n) is 4.76. The highest BCUT2D eigenvalue weighted by Gasteiger charge is 2.24. The van der Waals surface area contributed by atoms with Crippen LogP contribution in [0, 0.1) is 0 Å². The molecule has 1 aliphatic heterocycles. The van der Waals surface area contributed by atoms with Gasteiger partial charge in [-0.05, 0) is 30.3 Å². The molecule has 0 saturated carbocycles. The molecule has 7 heteroatoms. The molecule has 0 radical (unpaired) electrons. The summed E-state index contributed by atoms with van der Waals surface area (Å²) in [6.07, 6.45) is 0. The number of hydrogen-bond donors (Lipinski definition) is 0. The number of anilines is 1. The number of halogens is 1. The third-order valence-corrected chi connectivity index (χ3v) is 5.62. The number of fused-ring (bicyclic) bond motifs is 1. The number of sulfonamides is 1. The smallest absolute Gasteiger partial charge is 0.264 e. The van der Waals surface area contributed by atoms with Crippen LogP contribution in [-0.2, 0) is 10.0 Å². The average molecular weight is 384 g/mol. The number of nitrogens with zero attached hydrogens (tertiary/aromatic N) is 1. The van der Waals surface area contributed by atoms with E-state index in [1.807, 2.05) is 6.07 Å². The summed E-state index contributed by atoms with van der Waals surface area (Å²) in [5.41, 5.74) is 0.573. The summed E-state index contributed by atoms with van der Waals surface area (Å²) in [7, 11) is -2.14. The molecule has 0 amide bonds. The molecular formula is C15H14BrNO4S. The molecule has 0 aromatic heterocycles. The molecule has 2 aromatic carbocycles. The monoisotopic (exact) mass is 383 g/mol. The molecule has 5 nitrogen and oxygen atoms in total. The molecule has 22 heavy (non-hydrogen) atoms. The Morgan fingerprint density at radius 1 is 1.05 bits per heavy atom. The highest BCUT2D eigenvalue weighted by Crippen LogP contribution is 2.34. The summed E-state index contributed by atoms with van der Waals surface area (Å²) in [6, 6.07) is 11.8. The Morgan fingerprint density at radius 2 is 1.77 bits per heavy atom. The van der Waals surface area contributed by atoms with Crippen molar-refractivity contribution in [3.05, 3.63) is 46.9 Å². The predicted molar refractivity (Wildman–Crippen MR) is 87.2 cm³/mol. The maximum absolute atomic E-state index is 12.7. The minimum absolute atomic E-state index is 0.166. The summed E-state index contributed by atoms with van der Waals surface area (Å²) in [6.45, 7) is 0.884. The number of rotatable bonds is 3. The van der Waals surface area contributed by atoms with Crippen LogP contribution in [0.4, 0.5) is 5.69 Å². The number of ether oxygens (including phenoxy) is 2. The Hall–Kier alpha value is -1.73. The van der Waals surface area contributed by atoms with Crippen LogP contribution in [0.25, 0.3) is 0 Å². The van der Waals surface area contributed by atoms with Crippen LogP contribution in [0.5, 0.6) is 11.5 Å². The van der Waals surface area contributed by atoms with Crippen molar-refractivity contribution in [2.75, 3.05) is 24.6 Å². The fourth-order valence-electron chi connectivity index (χ4n) is 2.15. The first-order valence-electron chi connectivity index (χ1n) is 6.62. The van der Waals surface area contributed by atoms with E-state index in [-0.39, 0.29) is 4.90 Å². The first-order chi connectivity index (χ1) is 10.5. The fraction of sp³-hybridized carbons (Fsp3) is 0.200. The lowest BCUT2D eigenvalue weighted by Crippen LogP contribution is -2.26. The lowest BCUT2D eigenvalue weighted by atomic mass is 10.3. The molecule has 2 aromatic rings. The van der Waals surface area contributed by atoms with Crippen LogP contribution in [0.2, 0.25) is 0 Å². The first kappa shape index (κ1) is 15.2. The van der Waals surface area contributed by atoms with Crippen molar-refractivity contribution >= 4 is 31.6 Å². The van der Waals surface area contributed by atoms with E-state index in [2.05, 4.69) is 15.9 Å². The van der Waals surface area contributed by atoms with Crippen LogP contribution >= 0.6 is 15.9 Å². The Kier molecular flexibility index (Phi) is 4.01. The largest absolute Gasteiger partial charge is 0.486 e. The van der Waals surface area contributed by atoms with Gasteiger partial charge in [0.25, 0.3) is 10.0 Å². The quantitative estimate of drug-likeness (QED) is 0.817. The Labute approximate surface area is 137 Å². The second-order valence-corrected chi connectivity index (χ2v) is 7.64. The molecule has 0 saturated heterocycles. The van der Waals surface area contributed by atoms with Crippen molar-refractivity contribution < 1.29 is 17.9 Å². The summed E-state index contributed by atoms with van der Waals surface area (Å²) in [5, 5.41) is 0. The van der Waals surface area contributed by atoms with Crippen LogP contribution in [0.3, 0.4) is 0 Å². The van der Waals surface area contributed by atoms with E-state index < -0.39 is 10.0 Å². The van der Waals surface area contributed by atoms with Crippen molar-refractivity contribution in [1.82, 2.24) is 0 Å². The van der Waals surface area contributed by atoms with E-state index in [0.29, 0.717) is 30.4 Å². The van der Waals surface area contributed by atoms with Crippen molar-refractivity contribution in [3.63, 3.8) is 0 Å². The Morgan fingerprint density at radius 3 is 2.50 bits per heavy atom. The molecule has 0 N–H and O–H groups in total. The van der Waals surface area contributed by atoms with E-state index >= 15 is 0 Å². The zero-order valence-electron chi connectivity index (χ0n) is 11.8. The third-order valence-electron chi connectivity index (χ3n) is 3.34. The van der Waals surface area contributed by atoms with Crippen molar-refractivity contribution in [2.45, 2.75) is 4.90 Å².